The zero-order valence-corrected chi connectivity index (χ0v) is 17.3. The standard InChI is InChI=1S/C17H17Cl2NO2.C4H4O4/c18-13-6-7-14(19)15(10-13)22-17(12-4-2-1-3-5-12)16-11-20-8-9-21-16;5-3(6)1-2-4(7)8/h1-7,10,16-17,20H,8-9,11H2;1-2H,(H,5,6)(H,7,8)/t16-,17-;/m0./s1. The van der Waals surface area contributed by atoms with Crippen molar-refractivity contribution >= 4 is 35.1 Å². The Hall–Kier alpha value is -2.58. The number of hydrogen-bond acceptors (Lipinski definition) is 5. The molecule has 1 fully saturated rings. The molecule has 1 heterocycles. The summed E-state index contributed by atoms with van der Waals surface area (Å²) < 4.78 is 12.0. The van der Waals surface area contributed by atoms with Gasteiger partial charge in [0.25, 0.3) is 0 Å². The van der Waals surface area contributed by atoms with Crippen molar-refractivity contribution in [1.82, 2.24) is 5.32 Å². The van der Waals surface area contributed by atoms with Crippen LogP contribution in [0.25, 0.3) is 0 Å². The van der Waals surface area contributed by atoms with E-state index >= 15 is 0 Å². The van der Waals surface area contributed by atoms with Gasteiger partial charge in [-0.25, -0.2) is 9.59 Å². The molecule has 0 bridgehead atoms. The first kappa shape index (κ1) is 23.7. The molecule has 0 aliphatic carbocycles. The first-order valence-electron chi connectivity index (χ1n) is 8.99. The number of hydrogen-bond donors (Lipinski definition) is 3. The third-order valence-corrected chi connectivity index (χ3v) is 4.49. The van der Waals surface area contributed by atoms with Crippen molar-refractivity contribution in [2.75, 3.05) is 19.7 Å². The van der Waals surface area contributed by atoms with E-state index in [-0.39, 0.29) is 12.2 Å². The summed E-state index contributed by atoms with van der Waals surface area (Å²) in [5.41, 5.74) is 1.05. The molecular weight excluding hydrogens is 433 g/mol. The monoisotopic (exact) mass is 453 g/mol. The molecule has 2 aromatic carbocycles. The Morgan fingerprint density at radius 1 is 1.10 bits per heavy atom. The maximum atomic E-state index is 9.55. The molecule has 7 nitrogen and oxygen atoms in total. The number of aliphatic carboxylic acids is 2. The zero-order valence-electron chi connectivity index (χ0n) is 15.8. The molecule has 30 heavy (non-hydrogen) atoms. The summed E-state index contributed by atoms with van der Waals surface area (Å²) in [6.07, 6.45) is 0.793. The molecule has 160 valence electrons. The number of carboxylic acids is 2. The molecule has 0 saturated carbocycles. The van der Waals surface area contributed by atoms with Gasteiger partial charge in [0.1, 0.15) is 11.9 Å². The lowest BCUT2D eigenvalue weighted by molar-refractivity contribution is -0.134. The second-order valence-corrected chi connectivity index (χ2v) is 6.99. The predicted octanol–water partition coefficient (Wildman–Crippen LogP) is 3.81. The lowest BCUT2D eigenvalue weighted by atomic mass is 10.0. The Bertz CT molecular complexity index is 853. The van der Waals surface area contributed by atoms with E-state index in [1.165, 1.54) is 0 Å². The van der Waals surface area contributed by atoms with Crippen LogP contribution in [0.4, 0.5) is 0 Å². The SMILES string of the molecule is Clc1ccc(Cl)c(O[C@@H](c2ccccc2)[C@@H]2CNCCO2)c1.O=C(O)C=CC(=O)O. The summed E-state index contributed by atoms with van der Waals surface area (Å²) in [6, 6.07) is 15.2. The van der Waals surface area contributed by atoms with E-state index in [1.807, 2.05) is 30.3 Å². The van der Waals surface area contributed by atoms with Crippen molar-refractivity contribution in [1.29, 1.82) is 0 Å². The Morgan fingerprint density at radius 2 is 1.77 bits per heavy atom. The van der Waals surface area contributed by atoms with Gasteiger partial charge in [-0.2, -0.15) is 0 Å². The molecule has 0 radical (unpaired) electrons. The van der Waals surface area contributed by atoms with Crippen LogP contribution < -0.4 is 10.1 Å². The molecule has 3 N–H and O–H groups in total. The fourth-order valence-electron chi connectivity index (χ4n) is 2.63. The van der Waals surface area contributed by atoms with Crippen LogP contribution >= 0.6 is 23.2 Å². The smallest absolute Gasteiger partial charge is 0.328 e. The molecular formula is C21H21Cl2NO6. The van der Waals surface area contributed by atoms with Gasteiger partial charge in [0.2, 0.25) is 0 Å². The molecule has 1 aliphatic rings. The Balaban J connectivity index is 0.000000343. The van der Waals surface area contributed by atoms with Gasteiger partial charge in [-0.1, -0.05) is 53.5 Å². The van der Waals surface area contributed by atoms with Crippen molar-refractivity contribution in [3.05, 3.63) is 76.3 Å². The molecule has 2 atom stereocenters. The number of carboxylic acid groups (broad SMARTS) is 2. The van der Waals surface area contributed by atoms with Gasteiger partial charge in [-0.05, 0) is 17.7 Å². The van der Waals surface area contributed by atoms with Crippen LogP contribution in [0.15, 0.2) is 60.7 Å². The molecule has 0 unspecified atom stereocenters. The molecule has 1 aliphatic heterocycles. The largest absolute Gasteiger partial charge is 0.481 e. The third-order valence-electron chi connectivity index (χ3n) is 3.94. The molecule has 0 aromatic heterocycles. The third kappa shape index (κ3) is 8.04. The fraction of sp³-hybridized carbons (Fsp3) is 0.238. The lowest BCUT2D eigenvalue weighted by Crippen LogP contribution is -2.43. The van der Waals surface area contributed by atoms with E-state index in [0.717, 1.165) is 18.7 Å². The van der Waals surface area contributed by atoms with Crippen molar-refractivity contribution in [2.45, 2.75) is 12.2 Å². The highest BCUT2D eigenvalue weighted by molar-refractivity contribution is 6.34. The first-order chi connectivity index (χ1) is 14.4. The van der Waals surface area contributed by atoms with Crippen molar-refractivity contribution in [3.63, 3.8) is 0 Å². The van der Waals surface area contributed by atoms with Gasteiger partial charge in [-0.3, -0.25) is 0 Å². The van der Waals surface area contributed by atoms with E-state index < -0.39 is 11.9 Å². The summed E-state index contributed by atoms with van der Waals surface area (Å²) in [7, 11) is 0. The number of nitrogens with one attached hydrogen (secondary N) is 1. The average molecular weight is 454 g/mol. The molecule has 1 saturated heterocycles. The van der Waals surface area contributed by atoms with E-state index in [4.69, 9.17) is 42.9 Å². The summed E-state index contributed by atoms with van der Waals surface area (Å²) in [5.74, 6) is -1.95. The van der Waals surface area contributed by atoms with E-state index in [0.29, 0.717) is 34.6 Å². The number of carbonyl (C=O) groups is 2. The molecule has 0 spiro atoms. The number of ether oxygens (including phenoxy) is 2. The van der Waals surface area contributed by atoms with Gasteiger partial charge in [-0.15, -0.1) is 0 Å². The maximum Gasteiger partial charge on any atom is 0.328 e. The number of halogens is 2. The summed E-state index contributed by atoms with van der Waals surface area (Å²) in [4.78, 5) is 19.1. The quantitative estimate of drug-likeness (QED) is 0.570. The Kier molecular flexibility index (Phi) is 9.63. The first-order valence-corrected chi connectivity index (χ1v) is 9.75. The van der Waals surface area contributed by atoms with Crippen molar-refractivity contribution in [3.8, 4) is 5.75 Å². The Morgan fingerprint density at radius 3 is 2.33 bits per heavy atom. The summed E-state index contributed by atoms with van der Waals surface area (Å²) in [6.45, 7) is 2.26. The predicted molar refractivity (Wildman–Crippen MR) is 113 cm³/mol. The van der Waals surface area contributed by atoms with Crippen LogP contribution in [0.2, 0.25) is 10.0 Å². The van der Waals surface area contributed by atoms with E-state index in [2.05, 4.69) is 5.32 Å². The van der Waals surface area contributed by atoms with Crippen molar-refractivity contribution < 1.29 is 29.3 Å². The summed E-state index contributed by atoms with van der Waals surface area (Å²) >= 11 is 12.3. The van der Waals surface area contributed by atoms with Gasteiger partial charge in [0.05, 0.1) is 11.6 Å². The van der Waals surface area contributed by atoms with E-state index in [9.17, 15) is 9.59 Å². The maximum absolute atomic E-state index is 9.55. The van der Waals surface area contributed by atoms with Crippen LogP contribution in [0, 0.1) is 0 Å². The van der Waals surface area contributed by atoms with Crippen LogP contribution in [0.3, 0.4) is 0 Å². The fourth-order valence-corrected chi connectivity index (χ4v) is 2.95. The van der Waals surface area contributed by atoms with Crippen LogP contribution in [-0.4, -0.2) is 48.0 Å². The summed E-state index contributed by atoms with van der Waals surface area (Å²) in [5, 5.41) is 20.1. The highest BCUT2D eigenvalue weighted by atomic mass is 35.5. The average Bonchev–Trinajstić information content (AvgIpc) is 2.74. The minimum atomic E-state index is -1.26. The van der Waals surface area contributed by atoms with Crippen LogP contribution in [0.5, 0.6) is 5.75 Å². The topological polar surface area (TPSA) is 105 Å². The molecule has 0 amide bonds. The number of benzene rings is 2. The van der Waals surface area contributed by atoms with E-state index in [1.54, 1.807) is 18.2 Å². The zero-order chi connectivity index (χ0) is 21.9. The highest BCUT2D eigenvalue weighted by Crippen LogP contribution is 2.33. The van der Waals surface area contributed by atoms with Crippen LogP contribution in [-0.2, 0) is 14.3 Å². The van der Waals surface area contributed by atoms with Gasteiger partial charge in [0, 0.05) is 36.3 Å². The normalized spacial score (nSPS) is 16.9. The molecule has 2 aromatic rings. The number of morpholine rings is 1. The van der Waals surface area contributed by atoms with Gasteiger partial charge >= 0.3 is 11.9 Å². The lowest BCUT2D eigenvalue weighted by Gasteiger charge is -2.31. The molecule has 9 heteroatoms. The van der Waals surface area contributed by atoms with Crippen molar-refractivity contribution in [2.24, 2.45) is 0 Å². The van der Waals surface area contributed by atoms with Gasteiger partial charge in [0.15, 0.2) is 6.10 Å². The number of rotatable bonds is 6. The highest BCUT2D eigenvalue weighted by Gasteiger charge is 2.28. The van der Waals surface area contributed by atoms with Crippen LogP contribution in [0.1, 0.15) is 11.7 Å². The molecule has 3 rings (SSSR count). The second kappa shape index (κ2) is 12.2. The Labute approximate surface area is 183 Å². The minimum absolute atomic E-state index is 0.0776. The van der Waals surface area contributed by atoms with Gasteiger partial charge < -0.3 is 25.0 Å². The minimum Gasteiger partial charge on any atom is -0.481 e. The second-order valence-electron chi connectivity index (χ2n) is 6.15.